The van der Waals surface area contributed by atoms with Crippen molar-refractivity contribution in [1.29, 1.82) is 0 Å². The molecule has 0 unspecified atom stereocenters. The molecule has 0 aliphatic heterocycles. The van der Waals surface area contributed by atoms with Crippen molar-refractivity contribution in [2.75, 3.05) is 10.2 Å². The van der Waals surface area contributed by atoms with E-state index in [1.807, 2.05) is 0 Å². The number of unbranched alkanes of at least 4 members (excludes halogenated alkanes) is 16. The molecule has 0 amide bonds. The predicted molar refractivity (Wildman–Crippen MR) is 349 cm³/mol. The summed E-state index contributed by atoms with van der Waals surface area (Å²) < 4.78 is 0. The van der Waals surface area contributed by atoms with Crippen LogP contribution in [0.2, 0.25) is 0 Å². The van der Waals surface area contributed by atoms with E-state index in [-0.39, 0.29) is 5.41 Å². The minimum Gasteiger partial charge on any atom is -0.356 e. The van der Waals surface area contributed by atoms with Crippen LogP contribution in [-0.2, 0) is 18.3 Å². The van der Waals surface area contributed by atoms with Crippen LogP contribution in [0.3, 0.4) is 0 Å². The van der Waals surface area contributed by atoms with E-state index in [1.165, 1.54) is 231 Å². The van der Waals surface area contributed by atoms with Crippen molar-refractivity contribution in [3.8, 4) is 55.6 Å². The Morgan fingerprint density at radius 1 is 0.312 bits per heavy atom. The summed E-state index contributed by atoms with van der Waals surface area (Å²) >= 11 is 0. The highest BCUT2D eigenvalue weighted by molar-refractivity contribution is 6.05. The Morgan fingerprint density at radius 3 is 1.34 bits per heavy atom. The van der Waals surface area contributed by atoms with E-state index in [0.717, 1.165) is 24.2 Å². The molecule has 0 bridgehead atoms. The summed E-state index contributed by atoms with van der Waals surface area (Å²) in [5, 5.41) is 3.86. The SMILES string of the molecule is CCCCCCCCC1(CCCCCCCC)c2cc(C)ccc2-c2ccc(N(c3cccc(CCCCCC)c3)c3ccc4c(c3)-c3ccccc3-c3ccccc3-c3cc(Nc5cccc(CCCCCC)c5)ccc3-4)cc21. The molecule has 0 aromatic heterocycles. The zero-order valence-corrected chi connectivity index (χ0v) is 49.6. The standard InChI is InChI=1S/C78H92N2/c1-6-10-14-18-20-28-50-78(51-29-21-19-15-11-7-2)76-52-58(5)42-46-72(76)73-49-45-65(57-77(73)78)80(63-37-31-35-60(54-63)33-23-17-13-9-4)64-44-48-71-70-47-43-62(79-61-36-30-34-59(53-61)32-22-16-12-8-3)55-74(70)68-40-26-24-38-66(68)67-39-25-27-41-69(67)75(71)56-64/h24-27,30-31,34-49,52-57,79H,6-23,28-29,32-33,50-51H2,1-5H3. The zero-order valence-electron chi connectivity index (χ0n) is 49.6. The molecule has 0 atom stereocenters. The molecule has 414 valence electrons. The first kappa shape index (κ1) is 56.6. The van der Waals surface area contributed by atoms with Gasteiger partial charge in [-0.2, -0.15) is 0 Å². The van der Waals surface area contributed by atoms with Crippen LogP contribution in [0.4, 0.5) is 28.4 Å². The van der Waals surface area contributed by atoms with E-state index in [4.69, 9.17) is 0 Å². The van der Waals surface area contributed by atoms with E-state index in [2.05, 4.69) is 215 Å². The molecular formula is C78H92N2. The molecule has 0 saturated carbocycles. The number of hydrogen-bond donors (Lipinski definition) is 1. The monoisotopic (exact) mass is 1060 g/mol. The summed E-state index contributed by atoms with van der Waals surface area (Å²) in [6, 6.07) is 66.4. The third-order valence-electron chi connectivity index (χ3n) is 18.0. The van der Waals surface area contributed by atoms with Crippen molar-refractivity contribution >= 4 is 28.4 Å². The van der Waals surface area contributed by atoms with Crippen molar-refractivity contribution in [2.45, 2.75) is 194 Å². The molecule has 2 nitrogen and oxygen atoms in total. The minimum atomic E-state index is -0.0260. The average molecular weight is 1060 g/mol. The summed E-state index contributed by atoms with van der Waals surface area (Å²) in [5.74, 6) is 0. The molecule has 2 aliphatic carbocycles. The predicted octanol–water partition coefficient (Wildman–Crippen LogP) is 24.2. The van der Waals surface area contributed by atoms with Gasteiger partial charge in [0.05, 0.1) is 0 Å². The molecule has 2 aliphatic rings. The van der Waals surface area contributed by atoms with Gasteiger partial charge in [0.1, 0.15) is 0 Å². The molecular weight excluding hydrogens is 965 g/mol. The lowest BCUT2D eigenvalue weighted by molar-refractivity contribution is 0.398. The van der Waals surface area contributed by atoms with Crippen LogP contribution < -0.4 is 10.2 Å². The first-order chi connectivity index (χ1) is 39.4. The maximum atomic E-state index is 3.86. The second-order valence-electron chi connectivity index (χ2n) is 23.9. The van der Waals surface area contributed by atoms with Crippen molar-refractivity contribution in [3.05, 3.63) is 198 Å². The Labute approximate surface area is 483 Å². The molecule has 0 spiro atoms. The fourth-order valence-electron chi connectivity index (χ4n) is 13.7. The van der Waals surface area contributed by atoms with Crippen molar-refractivity contribution in [1.82, 2.24) is 0 Å². The van der Waals surface area contributed by atoms with Crippen molar-refractivity contribution < 1.29 is 0 Å². The van der Waals surface area contributed by atoms with E-state index >= 15 is 0 Å². The lowest BCUT2D eigenvalue weighted by Crippen LogP contribution is -2.26. The third kappa shape index (κ3) is 12.9. The third-order valence-corrected chi connectivity index (χ3v) is 18.0. The Morgan fingerprint density at radius 2 is 0.738 bits per heavy atom. The fraction of sp³-hybridized carbons (Fsp3) is 0.385. The largest absolute Gasteiger partial charge is 0.356 e. The Kier molecular flexibility index (Phi) is 19.6. The molecule has 8 aromatic carbocycles. The molecule has 0 saturated heterocycles. The quantitative estimate of drug-likeness (QED) is 0.0470. The molecule has 10 rings (SSSR count). The number of hydrogen-bond acceptors (Lipinski definition) is 2. The number of aryl methyl sites for hydroxylation is 3. The lowest BCUT2D eigenvalue weighted by atomic mass is 9.70. The number of benzene rings is 8. The van der Waals surface area contributed by atoms with Gasteiger partial charge in [0.2, 0.25) is 0 Å². The second-order valence-corrected chi connectivity index (χ2v) is 23.9. The average Bonchev–Trinajstić information content (AvgIpc) is 3.38. The molecule has 0 radical (unpaired) electrons. The molecule has 0 fully saturated rings. The molecule has 0 heterocycles. The highest BCUT2D eigenvalue weighted by Gasteiger charge is 2.43. The van der Waals surface area contributed by atoms with Crippen LogP contribution in [0.5, 0.6) is 0 Å². The Balaban J connectivity index is 1.11. The van der Waals surface area contributed by atoms with Crippen LogP contribution in [-0.4, -0.2) is 0 Å². The van der Waals surface area contributed by atoms with E-state index in [1.54, 1.807) is 11.1 Å². The van der Waals surface area contributed by atoms with Crippen LogP contribution in [0.1, 0.15) is 197 Å². The van der Waals surface area contributed by atoms with Gasteiger partial charge < -0.3 is 10.2 Å². The minimum absolute atomic E-state index is 0.0260. The zero-order chi connectivity index (χ0) is 55.1. The van der Waals surface area contributed by atoms with Gasteiger partial charge in [0.25, 0.3) is 0 Å². The number of rotatable bonds is 29. The van der Waals surface area contributed by atoms with E-state index in [9.17, 15) is 0 Å². The smallest absolute Gasteiger partial charge is 0.0468 e. The maximum absolute atomic E-state index is 3.86. The second kappa shape index (κ2) is 27.7. The van der Waals surface area contributed by atoms with E-state index in [0.29, 0.717) is 0 Å². The van der Waals surface area contributed by atoms with Crippen molar-refractivity contribution in [3.63, 3.8) is 0 Å². The normalized spacial score (nSPS) is 12.6. The van der Waals surface area contributed by atoms with Crippen LogP contribution in [0, 0.1) is 6.92 Å². The first-order valence-corrected chi connectivity index (χ1v) is 31.9. The van der Waals surface area contributed by atoms with Gasteiger partial charge in [-0.05, 0) is 184 Å². The van der Waals surface area contributed by atoms with Gasteiger partial charge in [-0.1, -0.05) is 258 Å². The fourth-order valence-corrected chi connectivity index (χ4v) is 13.7. The van der Waals surface area contributed by atoms with Gasteiger partial charge in [-0.3, -0.25) is 0 Å². The van der Waals surface area contributed by atoms with Crippen molar-refractivity contribution in [2.24, 2.45) is 0 Å². The van der Waals surface area contributed by atoms with Crippen LogP contribution >= 0.6 is 0 Å². The summed E-state index contributed by atoms with van der Waals surface area (Å²) in [6.45, 7) is 11.6. The summed E-state index contributed by atoms with van der Waals surface area (Å²) in [6.07, 6.45) is 30.5. The molecule has 2 heteroatoms. The van der Waals surface area contributed by atoms with Gasteiger partial charge in [0, 0.05) is 33.9 Å². The summed E-state index contributed by atoms with van der Waals surface area (Å²) in [4.78, 5) is 2.62. The molecule has 8 aromatic rings. The highest BCUT2D eigenvalue weighted by Crippen LogP contribution is 2.57. The number of nitrogens with one attached hydrogen (secondary N) is 1. The van der Waals surface area contributed by atoms with Crippen LogP contribution in [0.15, 0.2) is 170 Å². The number of fused-ring (bicyclic) bond motifs is 11. The topological polar surface area (TPSA) is 15.3 Å². The van der Waals surface area contributed by atoms with Gasteiger partial charge in [-0.15, -0.1) is 0 Å². The number of anilines is 5. The summed E-state index contributed by atoms with van der Waals surface area (Å²) in [7, 11) is 0. The molecule has 1 N–H and O–H groups in total. The molecule has 80 heavy (non-hydrogen) atoms. The summed E-state index contributed by atoms with van der Waals surface area (Å²) in [5.41, 5.74) is 26.2. The Bertz CT molecular complexity index is 3280. The Hall–Kier alpha value is -6.64. The highest BCUT2D eigenvalue weighted by atomic mass is 15.1. The lowest BCUT2D eigenvalue weighted by Gasteiger charge is -2.34. The number of nitrogens with zero attached hydrogens (tertiary/aromatic N) is 1. The first-order valence-electron chi connectivity index (χ1n) is 31.9. The van der Waals surface area contributed by atoms with Gasteiger partial charge >= 0.3 is 0 Å². The van der Waals surface area contributed by atoms with Crippen LogP contribution in [0.25, 0.3) is 55.6 Å². The maximum Gasteiger partial charge on any atom is 0.0468 e. The van der Waals surface area contributed by atoms with E-state index < -0.39 is 0 Å². The van der Waals surface area contributed by atoms with Gasteiger partial charge in [0.15, 0.2) is 0 Å². The van der Waals surface area contributed by atoms with Gasteiger partial charge in [-0.25, -0.2) is 0 Å².